The van der Waals surface area contributed by atoms with E-state index in [0.29, 0.717) is 0 Å². The van der Waals surface area contributed by atoms with Gasteiger partial charge in [0.05, 0.1) is 11.8 Å². The van der Waals surface area contributed by atoms with E-state index in [2.05, 4.69) is 76.2 Å². The lowest BCUT2D eigenvalue weighted by atomic mass is 9.82. The van der Waals surface area contributed by atoms with Crippen LogP contribution < -0.4 is 0 Å². The quantitative estimate of drug-likeness (QED) is 0.275. The van der Waals surface area contributed by atoms with Crippen molar-refractivity contribution >= 4 is 32.7 Å². The minimum atomic E-state index is 0.00459. The van der Waals surface area contributed by atoms with Crippen LogP contribution >= 0.6 is 0 Å². The second kappa shape index (κ2) is 7.08. The molecule has 0 unspecified atom stereocenters. The summed E-state index contributed by atoms with van der Waals surface area (Å²) < 4.78 is 12.3. The van der Waals surface area contributed by atoms with Crippen molar-refractivity contribution in [2.24, 2.45) is 0 Å². The molecule has 162 valence electrons. The molecule has 0 radical (unpaired) electrons. The maximum Gasteiger partial charge on any atom is 0.161 e. The molecule has 0 saturated carbocycles. The van der Waals surface area contributed by atoms with Gasteiger partial charge in [-0.3, -0.25) is 4.98 Å². The molecule has 0 saturated heterocycles. The molecule has 3 heterocycles. The average Bonchev–Trinajstić information content (AvgIpc) is 3.41. The van der Waals surface area contributed by atoms with E-state index in [9.17, 15) is 0 Å². The summed E-state index contributed by atoms with van der Waals surface area (Å²) in [7, 11) is 0. The molecule has 3 aromatic carbocycles. The van der Waals surface area contributed by atoms with Gasteiger partial charge < -0.3 is 8.83 Å². The van der Waals surface area contributed by atoms with Gasteiger partial charge in [0.2, 0.25) is 0 Å². The van der Waals surface area contributed by atoms with Gasteiger partial charge in [-0.05, 0) is 64.6 Å². The largest absolute Gasteiger partial charge is 0.463 e. The lowest BCUT2D eigenvalue weighted by Gasteiger charge is -2.22. The fourth-order valence-electron chi connectivity index (χ4n) is 4.75. The smallest absolute Gasteiger partial charge is 0.161 e. The topological polar surface area (TPSA) is 39.2 Å². The maximum atomic E-state index is 6.47. The molecule has 33 heavy (non-hydrogen) atoms. The van der Waals surface area contributed by atoms with Crippen molar-refractivity contribution in [3.8, 4) is 22.6 Å². The average molecular weight is 432 g/mol. The van der Waals surface area contributed by atoms with Gasteiger partial charge in [0.15, 0.2) is 5.58 Å². The summed E-state index contributed by atoms with van der Waals surface area (Å²) >= 11 is 0. The van der Waals surface area contributed by atoms with Gasteiger partial charge in [-0.2, -0.15) is 0 Å². The first-order valence-electron chi connectivity index (χ1n) is 11.3. The van der Waals surface area contributed by atoms with Crippen molar-refractivity contribution in [3.63, 3.8) is 0 Å². The fraction of sp³-hybridized carbons (Fsp3) is 0.167. The molecular formula is C30H25NO2. The molecule has 0 aliphatic carbocycles. The lowest BCUT2D eigenvalue weighted by molar-refractivity contribution is 0.596. The van der Waals surface area contributed by atoms with E-state index in [1.807, 2.05) is 24.4 Å². The van der Waals surface area contributed by atoms with E-state index in [4.69, 9.17) is 13.8 Å². The molecule has 3 nitrogen and oxygen atoms in total. The van der Waals surface area contributed by atoms with Crippen LogP contribution in [-0.2, 0) is 5.41 Å². The monoisotopic (exact) mass is 431 g/mol. The molecule has 0 fully saturated rings. The predicted molar refractivity (Wildman–Crippen MR) is 136 cm³/mol. The van der Waals surface area contributed by atoms with Crippen LogP contribution in [0.5, 0.6) is 0 Å². The molecule has 3 aromatic heterocycles. The summed E-state index contributed by atoms with van der Waals surface area (Å²) in [6, 6.07) is 23.3. The van der Waals surface area contributed by atoms with Crippen LogP contribution in [-0.4, -0.2) is 4.98 Å². The second-order valence-electron chi connectivity index (χ2n) is 9.78. The summed E-state index contributed by atoms with van der Waals surface area (Å²) in [6.45, 7) is 8.82. The van der Waals surface area contributed by atoms with E-state index < -0.39 is 0 Å². The highest BCUT2D eigenvalue weighted by molar-refractivity contribution is 5.99. The summed E-state index contributed by atoms with van der Waals surface area (Å²) in [5, 5.41) is 4.62. The van der Waals surface area contributed by atoms with Crippen molar-refractivity contribution in [1.82, 2.24) is 4.98 Å². The van der Waals surface area contributed by atoms with Crippen molar-refractivity contribution < 1.29 is 8.83 Å². The number of fused-ring (bicyclic) bond motifs is 3. The molecular weight excluding hydrogens is 406 g/mol. The third-order valence-corrected chi connectivity index (χ3v) is 6.44. The van der Waals surface area contributed by atoms with Gasteiger partial charge >= 0.3 is 0 Å². The zero-order valence-electron chi connectivity index (χ0n) is 19.3. The zero-order chi connectivity index (χ0) is 22.7. The summed E-state index contributed by atoms with van der Waals surface area (Å²) in [4.78, 5) is 4.76. The number of pyridine rings is 1. The number of aryl methyl sites for hydroxylation is 1. The maximum absolute atomic E-state index is 6.47. The highest BCUT2D eigenvalue weighted by Crippen LogP contribution is 2.39. The minimum absolute atomic E-state index is 0.00459. The molecule has 0 amide bonds. The van der Waals surface area contributed by atoms with Crippen molar-refractivity contribution in [1.29, 1.82) is 0 Å². The standard InChI is InChI=1S/C30H25NO2/c1-18-17-32-29-22(18)10-7-11-24(29)26-16-20-12-13-31-27(28(20)33-26)21-14-19-8-5-6-9-23(19)25(15-21)30(2,3)4/h5-17H,1-4H3. The third kappa shape index (κ3) is 3.15. The molecule has 0 aliphatic heterocycles. The molecule has 0 N–H and O–H groups in total. The van der Waals surface area contributed by atoms with E-state index in [1.54, 1.807) is 6.26 Å². The number of furan rings is 2. The number of aromatic nitrogens is 1. The Morgan fingerprint density at radius 2 is 1.61 bits per heavy atom. The Morgan fingerprint density at radius 1 is 0.788 bits per heavy atom. The Morgan fingerprint density at radius 3 is 2.45 bits per heavy atom. The Kier molecular flexibility index (Phi) is 4.25. The van der Waals surface area contributed by atoms with E-state index in [1.165, 1.54) is 16.3 Å². The van der Waals surface area contributed by atoms with Crippen LogP contribution in [0.25, 0.3) is 55.3 Å². The molecule has 0 spiro atoms. The number of nitrogens with zero attached hydrogens (tertiary/aromatic N) is 1. The first-order valence-corrected chi connectivity index (χ1v) is 11.3. The van der Waals surface area contributed by atoms with Crippen LogP contribution in [0.15, 0.2) is 88.0 Å². The highest BCUT2D eigenvalue weighted by atomic mass is 16.3. The van der Waals surface area contributed by atoms with Gasteiger partial charge in [-0.1, -0.05) is 57.2 Å². The van der Waals surface area contributed by atoms with Gasteiger partial charge in [0, 0.05) is 22.5 Å². The summed E-state index contributed by atoms with van der Waals surface area (Å²) in [6.07, 6.45) is 3.66. The Hall–Kier alpha value is -3.85. The lowest BCUT2D eigenvalue weighted by Crippen LogP contribution is -2.12. The summed E-state index contributed by atoms with van der Waals surface area (Å²) in [5.74, 6) is 0.788. The third-order valence-electron chi connectivity index (χ3n) is 6.44. The molecule has 6 rings (SSSR count). The number of rotatable bonds is 2. The predicted octanol–water partition coefficient (Wildman–Crippen LogP) is 8.67. The number of benzene rings is 3. The number of hydrogen-bond acceptors (Lipinski definition) is 3. The van der Waals surface area contributed by atoms with Crippen LogP contribution in [0, 0.1) is 6.92 Å². The second-order valence-corrected chi connectivity index (χ2v) is 9.78. The number of hydrogen-bond donors (Lipinski definition) is 0. The highest BCUT2D eigenvalue weighted by Gasteiger charge is 2.21. The van der Waals surface area contributed by atoms with E-state index in [-0.39, 0.29) is 5.41 Å². The Balaban J connectivity index is 1.59. The van der Waals surface area contributed by atoms with Gasteiger partial charge in [0.1, 0.15) is 17.0 Å². The van der Waals surface area contributed by atoms with Crippen LogP contribution in [0.3, 0.4) is 0 Å². The minimum Gasteiger partial charge on any atom is -0.463 e. The van der Waals surface area contributed by atoms with Gasteiger partial charge in [-0.15, -0.1) is 0 Å². The molecule has 0 atom stereocenters. The zero-order valence-corrected chi connectivity index (χ0v) is 19.3. The Bertz CT molecular complexity index is 1660. The summed E-state index contributed by atoms with van der Waals surface area (Å²) in [5.41, 5.74) is 6.96. The molecule has 0 aliphatic rings. The van der Waals surface area contributed by atoms with Crippen molar-refractivity contribution in [2.75, 3.05) is 0 Å². The van der Waals surface area contributed by atoms with Crippen molar-refractivity contribution in [3.05, 3.63) is 90.3 Å². The first-order chi connectivity index (χ1) is 15.9. The van der Waals surface area contributed by atoms with Crippen LogP contribution in [0.4, 0.5) is 0 Å². The molecule has 3 heteroatoms. The van der Waals surface area contributed by atoms with Crippen LogP contribution in [0.1, 0.15) is 31.9 Å². The SMILES string of the molecule is Cc1coc2c(-c3cc4ccnc(-c5cc(C(C)(C)C)c6ccccc6c5)c4o3)cccc12. The van der Waals surface area contributed by atoms with Gasteiger partial charge in [0.25, 0.3) is 0 Å². The fourth-order valence-corrected chi connectivity index (χ4v) is 4.75. The van der Waals surface area contributed by atoms with Crippen LogP contribution in [0.2, 0.25) is 0 Å². The molecule has 0 bridgehead atoms. The van der Waals surface area contributed by atoms with E-state index in [0.717, 1.165) is 50.1 Å². The first kappa shape index (κ1) is 19.8. The Labute approximate surface area is 192 Å². The normalized spacial score (nSPS) is 12.2. The number of para-hydroxylation sites is 1. The van der Waals surface area contributed by atoms with Crippen molar-refractivity contribution in [2.45, 2.75) is 33.1 Å². The van der Waals surface area contributed by atoms with Gasteiger partial charge in [-0.25, -0.2) is 0 Å². The van der Waals surface area contributed by atoms with E-state index >= 15 is 0 Å². The molecule has 6 aromatic rings.